The second kappa shape index (κ2) is 7.74. The Kier molecular flexibility index (Phi) is 5.22. The van der Waals surface area contributed by atoms with E-state index in [0.717, 1.165) is 19.4 Å². The van der Waals surface area contributed by atoms with Gasteiger partial charge < -0.3 is 20.1 Å². The third-order valence-corrected chi connectivity index (χ3v) is 3.78. The molecule has 1 fully saturated rings. The van der Waals surface area contributed by atoms with Crippen molar-refractivity contribution in [2.45, 2.75) is 18.9 Å². The summed E-state index contributed by atoms with van der Waals surface area (Å²) >= 11 is 0. The minimum atomic E-state index is -0.287. The third-order valence-electron chi connectivity index (χ3n) is 3.78. The molecule has 7 nitrogen and oxygen atoms in total. The van der Waals surface area contributed by atoms with E-state index < -0.39 is 0 Å². The van der Waals surface area contributed by atoms with Crippen LogP contribution >= 0.6 is 0 Å². The highest BCUT2D eigenvalue weighted by molar-refractivity contribution is 6.04. The van der Waals surface area contributed by atoms with Crippen molar-refractivity contribution < 1.29 is 14.3 Å². The SMILES string of the molecule is COc1ccccc1NC(=O)c1cnc(NCC2CCCO2)nc1. The normalized spacial score (nSPS) is 16.6. The van der Waals surface area contributed by atoms with Gasteiger partial charge in [-0.05, 0) is 25.0 Å². The molecular formula is C17H20N4O3. The van der Waals surface area contributed by atoms with Crippen LogP contribution in [0, 0.1) is 0 Å². The second-order valence-electron chi connectivity index (χ2n) is 5.47. The Hall–Kier alpha value is -2.67. The number of ether oxygens (including phenoxy) is 2. The smallest absolute Gasteiger partial charge is 0.258 e. The summed E-state index contributed by atoms with van der Waals surface area (Å²) in [7, 11) is 1.56. The maximum absolute atomic E-state index is 12.3. The second-order valence-corrected chi connectivity index (χ2v) is 5.47. The molecule has 1 aromatic heterocycles. The molecule has 1 atom stereocenters. The molecule has 1 amide bonds. The predicted molar refractivity (Wildman–Crippen MR) is 90.4 cm³/mol. The van der Waals surface area contributed by atoms with Crippen molar-refractivity contribution in [1.29, 1.82) is 0 Å². The summed E-state index contributed by atoms with van der Waals surface area (Å²) in [6.07, 6.45) is 5.34. The van der Waals surface area contributed by atoms with Gasteiger partial charge in [0.25, 0.3) is 5.91 Å². The van der Waals surface area contributed by atoms with Crippen LogP contribution in [0.3, 0.4) is 0 Å². The molecule has 0 radical (unpaired) electrons. The van der Waals surface area contributed by atoms with Crippen LogP contribution in [-0.4, -0.2) is 42.2 Å². The summed E-state index contributed by atoms with van der Waals surface area (Å²) in [6, 6.07) is 7.22. The lowest BCUT2D eigenvalue weighted by Crippen LogP contribution is -2.20. The Bertz CT molecular complexity index is 684. The first-order valence-electron chi connectivity index (χ1n) is 7.88. The lowest BCUT2D eigenvalue weighted by molar-refractivity contribution is 0.102. The topological polar surface area (TPSA) is 85.4 Å². The molecule has 126 valence electrons. The summed E-state index contributed by atoms with van der Waals surface area (Å²) < 4.78 is 10.7. The van der Waals surface area contributed by atoms with Gasteiger partial charge in [-0.25, -0.2) is 9.97 Å². The van der Waals surface area contributed by atoms with Crippen LogP contribution in [0.2, 0.25) is 0 Å². The first-order valence-corrected chi connectivity index (χ1v) is 7.88. The minimum absolute atomic E-state index is 0.210. The number of nitrogens with one attached hydrogen (secondary N) is 2. The van der Waals surface area contributed by atoms with E-state index in [9.17, 15) is 4.79 Å². The molecule has 0 saturated carbocycles. The van der Waals surface area contributed by atoms with Gasteiger partial charge in [-0.3, -0.25) is 4.79 Å². The number of anilines is 2. The molecule has 0 bridgehead atoms. The Morgan fingerprint density at radius 2 is 2.12 bits per heavy atom. The third kappa shape index (κ3) is 3.99. The van der Waals surface area contributed by atoms with Gasteiger partial charge in [0, 0.05) is 25.5 Å². The molecule has 7 heteroatoms. The number of hydrogen-bond acceptors (Lipinski definition) is 6. The van der Waals surface area contributed by atoms with Crippen molar-refractivity contribution in [3.8, 4) is 5.75 Å². The Morgan fingerprint density at radius 1 is 1.33 bits per heavy atom. The Labute approximate surface area is 140 Å². The molecule has 0 spiro atoms. The molecule has 1 saturated heterocycles. The van der Waals surface area contributed by atoms with Crippen LogP contribution < -0.4 is 15.4 Å². The number of carbonyl (C=O) groups excluding carboxylic acids is 1. The van der Waals surface area contributed by atoms with E-state index in [0.29, 0.717) is 29.5 Å². The van der Waals surface area contributed by atoms with E-state index in [1.165, 1.54) is 12.4 Å². The number of para-hydroxylation sites is 2. The molecule has 1 aromatic carbocycles. The highest BCUT2D eigenvalue weighted by Gasteiger charge is 2.15. The maximum atomic E-state index is 12.3. The number of hydrogen-bond donors (Lipinski definition) is 2. The number of nitrogens with zero attached hydrogens (tertiary/aromatic N) is 2. The standard InChI is InChI=1S/C17H20N4O3/c1-23-15-7-3-2-6-14(15)21-16(22)12-9-18-17(19-10-12)20-11-13-5-4-8-24-13/h2-3,6-7,9-10,13H,4-5,8,11H2,1H3,(H,21,22)(H,18,19,20). The van der Waals surface area contributed by atoms with Crippen molar-refractivity contribution in [3.05, 3.63) is 42.2 Å². The molecular weight excluding hydrogens is 308 g/mol. The van der Waals surface area contributed by atoms with Crippen molar-refractivity contribution in [3.63, 3.8) is 0 Å². The van der Waals surface area contributed by atoms with Crippen molar-refractivity contribution in [2.24, 2.45) is 0 Å². The number of carbonyl (C=O) groups is 1. The van der Waals surface area contributed by atoms with Gasteiger partial charge in [0.15, 0.2) is 0 Å². The largest absolute Gasteiger partial charge is 0.495 e. The minimum Gasteiger partial charge on any atom is -0.495 e. The van der Waals surface area contributed by atoms with Crippen LogP contribution in [0.5, 0.6) is 5.75 Å². The zero-order valence-electron chi connectivity index (χ0n) is 13.5. The fourth-order valence-electron chi connectivity index (χ4n) is 2.49. The van der Waals surface area contributed by atoms with E-state index in [1.807, 2.05) is 12.1 Å². The molecule has 3 rings (SSSR count). The highest BCUT2D eigenvalue weighted by Crippen LogP contribution is 2.23. The highest BCUT2D eigenvalue weighted by atomic mass is 16.5. The Balaban J connectivity index is 1.59. The van der Waals surface area contributed by atoms with Gasteiger partial charge in [-0.15, -0.1) is 0 Å². The molecule has 2 N–H and O–H groups in total. The fourth-order valence-corrected chi connectivity index (χ4v) is 2.49. The summed E-state index contributed by atoms with van der Waals surface area (Å²) in [6.45, 7) is 1.49. The molecule has 24 heavy (non-hydrogen) atoms. The zero-order chi connectivity index (χ0) is 16.8. The van der Waals surface area contributed by atoms with Gasteiger partial charge in [0.1, 0.15) is 5.75 Å². The van der Waals surface area contributed by atoms with Gasteiger partial charge in [0.2, 0.25) is 5.95 Å². The number of aromatic nitrogens is 2. The van der Waals surface area contributed by atoms with Crippen molar-refractivity contribution in [2.75, 3.05) is 30.9 Å². The molecule has 2 heterocycles. The monoisotopic (exact) mass is 328 g/mol. The summed E-state index contributed by atoms with van der Waals surface area (Å²) in [4.78, 5) is 20.6. The molecule has 0 aliphatic carbocycles. The Morgan fingerprint density at radius 3 is 2.83 bits per heavy atom. The summed E-state index contributed by atoms with van der Waals surface area (Å²) in [5, 5.41) is 5.91. The summed E-state index contributed by atoms with van der Waals surface area (Å²) in [5.74, 6) is 0.797. The summed E-state index contributed by atoms with van der Waals surface area (Å²) in [5.41, 5.74) is 0.981. The van der Waals surface area contributed by atoms with Crippen molar-refractivity contribution >= 4 is 17.5 Å². The number of rotatable bonds is 6. The van der Waals surface area contributed by atoms with Crippen LogP contribution in [-0.2, 0) is 4.74 Å². The quantitative estimate of drug-likeness (QED) is 0.846. The maximum Gasteiger partial charge on any atom is 0.258 e. The first-order chi connectivity index (χ1) is 11.8. The predicted octanol–water partition coefficient (Wildman–Crippen LogP) is 2.33. The van der Waals surface area contributed by atoms with Crippen LogP contribution in [0.1, 0.15) is 23.2 Å². The van der Waals surface area contributed by atoms with E-state index in [2.05, 4.69) is 20.6 Å². The lowest BCUT2D eigenvalue weighted by Gasteiger charge is -2.11. The van der Waals surface area contributed by atoms with Gasteiger partial charge in [-0.1, -0.05) is 12.1 Å². The van der Waals surface area contributed by atoms with Gasteiger partial charge in [-0.2, -0.15) is 0 Å². The van der Waals surface area contributed by atoms with Crippen LogP contribution in [0.4, 0.5) is 11.6 Å². The molecule has 1 aliphatic rings. The molecule has 1 unspecified atom stereocenters. The molecule has 2 aromatic rings. The first kappa shape index (κ1) is 16.2. The number of methoxy groups -OCH3 is 1. The van der Waals surface area contributed by atoms with E-state index in [-0.39, 0.29) is 12.0 Å². The van der Waals surface area contributed by atoms with E-state index in [4.69, 9.17) is 9.47 Å². The average Bonchev–Trinajstić information content (AvgIpc) is 3.14. The van der Waals surface area contributed by atoms with E-state index >= 15 is 0 Å². The number of amides is 1. The fraction of sp³-hybridized carbons (Fsp3) is 0.353. The van der Waals surface area contributed by atoms with Crippen molar-refractivity contribution in [1.82, 2.24) is 9.97 Å². The zero-order valence-corrected chi connectivity index (χ0v) is 13.5. The number of benzene rings is 1. The van der Waals surface area contributed by atoms with Crippen LogP contribution in [0.15, 0.2) is 36.7 Å². The molecule has 1 aliphatic heterocycles. The van der Waals surface area contributed by atoms with Gasteiger partial charge >= 0.3 is 0 Å². The van der Waals surface area contributed by atoms with Crippen LogP contribution in [0.25, 0.3) is 0 Å². The van der Waals surface area contributed by atoms with E-state index in [1.54, 1.807) is 19.2 Å². The average molecular weight is 328 g/mol. The lowest BCUT2D eigenvalue weighted by atomic mass is 10.2. The van der Waals surface area contributed by atoms with Gasteiger partial charge in [0.05, 0.1) is 24.5 Å².